The Labute approximate surface area is 143 Å². The predicted molar refractivity (Wildman–Crippen MR) is 96.2 cm³/mol. The summed E-state index contributed by atoms with van der Waals surface area (Å²) in [6, 6.07) is 6.03. The number of aryl methyl sites for hydroxylation is 2. The van der Waals surface area contributed by atoms with Crippen LogP contribution in [0.2, 0.25) is 0 Å². The second-order valence-electron chi connectivity index (χ2n) is 4.90. The van der Waals surface area contributed by atoms with E-state index in [0.29, 0.717) is 5.75 Å². The molecule has 0 radical (unpaired) electrons. The first kappa shape index (κ1) is 17.3. The molecule has 0 saturated heterocycles. The van der Waals surface area contributed by atoms with Crippen LogP contribution in [0.1, 0.15) is 24.5 Å². The van der Waals surface area contributed by atoms with E-state index < -0.39 is 0 Å². The van der Waals surface area contributed by atoms with Crippen LogP contribution in [-0.4, -0.2) is 27.6 Å². The normalized spacial score (nSPS) is 10.7. The molecule has 118 valence electrons. The van der Waals surface area contributed by atoms with E-state index in [9.17, 15) is 4.79 Å². The molecule has 0 aliphatic heterocycles. The largest absolute Gasteiger partial charge is 0.325 e. The first-order valence-electron chi connectivity index (χ1n) is 7.04. The quantitative estimate of drug-likeness (QED) is 0.748. The number of nitrogens with one attached hydrogen (secondary N) is 1. The zero-order valence-electron chi connectivity index (χ0n) is 12.9. The second kappa shape index (κ2) is 8.55. The van der Waals surface area contributed by atoms with E-state index in [-0.39, 0.29) is 5.91 Å². The molecule has 1 N–H and O–H groups in total. The highest BCUT2D eigenvalue weighted by Crippen LogP contribution is 2.29. The maximum absolute atomic E-state index is 12.0. The van der Waals surface area contributed by atoms with E-state index in [0.717, 1.165) is 37.7 Å². The maximum atomic E-state index is 12.0. The number of hydrogen-bond acceptors (Lipinski definition) is 6. The summed E-state index contributed by atoms with van der Waals surface area (Å²) in [6.45, 7) is 6.18. The van der Waals surface area contributed by atoms with Crippen LogP contribution in [0.5, 0.6) is 0 Å². The smallest absolute Gasteiger partial charge is 0.234 e. The van der Waals surface area contributed by atoms with Crippen molar-refractivity contribution in [3.05, 3.63) is 29.3 Å². The molecular weight excluding hydrogens is 334 g/mol. The third-order valence-corrected chi connectivity index (χ3v) is 6.05. The molecule has 7 heteroatoms. The minimum absolute atomic E-state index is 0.0204. The standard InChI is InChI=1S/C15H19N3OS3/c1-4-5-20-14-17-18-15(22-14)21-9-13(19)16-12-7-10(2)6-11(3)8-12/h6-8H,4-5,9H2,1-3H3,(H,16,19). The van der Waals surface area contributed by atoms with Crippen LogP contribution in [0.4, 0.5) is 5.69 Å². The summed E-state index contributed by atoms with van der Waals surface area (Å²) in [5.74, 6) is 1.37. The Hall–Kier alpha value is -1.05. The molecule has 0 atom stereocenters. The lowest BCUT2D eigenvalue weighted by Crippen LogP contribution is -2.14. The Bertz CT molecular complexity index is 622. The maximum Gasteiger partial charge on any atom is 0.234 e. The molecule has 0 unspecified atom stereocenters. The van der Waals surface area contributed by atoms with Crippen LogP contribution in [0, 0.1) is 13.8 Å². The number of amides is 1. The van der Waals surface area contributed by atoms with Gasteiger partial charge in [-0.15, -0.1) is 10.2 Å². The third-order valence-electron chi connectivity index (χ3n) is 2.65. The van der Waals surface area contributed by atoms with Crippen molar-refractivity contribution in [2.24, 2.45) is 0 Å². The second-order valence-corrected chi connectivity index (χ2v) is 8.44. The van der Waals surface area contributed by atoms with Crippen LogP contribution in [0.15, 0.2) is 26.9 Å². The Balaban J connectivity index is 1.83. The van der Waals surface area contributed by atoms with Gasteiger partial charge in [0, 0.05) is 11.4 Å². The number of rotatable bonds is 7. The van der Waals surface area contributed by atoms with Crippen molar-refractivity contribution < 1.29 is 4.79 Å². The number of hydrogen-bond donors (Lipinski definition) is 1. The van der Waals surface area contributed by atoms with Gasteiger partial charge in [0.25, 0.3) is 0 Å². The van der Waals surface area contributed by atoms with Gasteiger partial charge < -0.3 is 5.32 Å². The highest BCUT2D eigenvalue weighted by Gasteiger charge is 2.09. The molecule has 0 aliphatic carbocycles. The summed E-state index contributed by atoms with van der Waals surface area (Å²) in [7, 11) is 0. The number of thioether (sulfide) groups is 2. The molecule has 4 nitrogen and oxygen atoms in total. The molecule has 0 bridgehead atoms. The van der Waals surface area contributed by atoms with Gasteiger partial charge in [0.2, 0.25) is 5.91 Å². The van der Waals surface area contributed by atoms with Crippen molar-refractivity contribution in [1.29, 1.82) is 0 Å². The zero-order valence-corrected chi connectivity index (χ0v) is 15.3. The fourth-order valence-electron chi connectivity index (χ4n) is 1.87. The van der Waals surface area contributed by atoms with Gasteiger partial charge >= 0.3 is 0 Å². The van der Waals surface area contributed by atoms with Gasteiger partial charge in [-0.05, 0) is 43.5 Å². The molecule has 1 amide bonds. The fourth-order valence-corrected chi connectivity index (χ4v) is 4.62. The molecule has 1 heterocycles. The zero-order chi connectivity index (χ0) is 15.9. The number of benzene rings is 1. The molecule has 0 spiro atoms. The van der Waals surface area contributed by atoms with Gasteiger partial charge in [-0.25, -0.2) is 0 Å². The van der Waals surface area contributed by atoms with Crippen LogP contribution in [0.3, 0.4) is 0 Å². The van der Waals surface area contributed by atoms with Gasteiger partial charge in [0.15, 0.2) is 8.68 Å². The van der Waals surface area contributed by atoms with Crippen molar-refractivity contribution in [2.75, 3.05) is 16.8 Å². The number of aromatic nitrogens is 2. The van der Waals surface area contributed by atoms with Crippen LogP contribution in [0.25, 0.3) is 0 Å². The third kappa shape index (κ3) is 5.62. The van der Waals surface area contributed by atoms with Crippen molar-refractivity contribution in [1.82, 2.24) is 10.2 Å². The molecule has 1 aromatic carbocycles. The molecule has 0 saturated carbocycles. The van der Waals surface area contributed by atoms with Gasteiger partial charge in [-0.1, -0.05) is 47.9 Å². The Kier molecular flexibility index (Phi) is 6.72. The fraction of sp³-hybridized carbons (Fsp3) is 0.400. The SMILES string of the molecule is CCCSc1nnc(SCC(=O)Nc2cc(C)cc(C)c2)s1. The van der Waals surface area contributed by atoms with Gasteiger partial charge in [0.1, 0.15) is 0 Å². The van der Waals surface area contributed by atoms with Gasteiger partial charge in [0.05, 0.1) is 5.75 Å². The summed E-state index contributed by atoms with van der Waals surface area (Å²) in [5.41, 5.74) is 3.13. The van der Waals surface area contributed by atoms with E-state index >= 15 is 0 Å². The minimum atomic E-state index is -0.0204. The lowest BCUT2D eigenvalue weighted by atomic mass is 10.1. The Morgan fingerprint density at radius 1 is 1.14 bits per heavy atom. The van der Waals surface area contributed by atoms with E-state index in [2.05, 4.69) is 28.5 Å². The van der Waals surface area contributed by atoms with Crippen molar-refractivity contribution in [3.8, 4) is 0 Å². The van der Waals surface area contributed by atoms with E-state index in [1.54, 1.807) is 23.1 Å². The topological polar surface area (TPSA) is 54.9 Å². The molecule has 0 aliphatic rings. The van der Waals surface area contributed by atoms with Crippen molar-refractivity contribution in [3.63, 3.8) is 0 Å². The monoisotopic (exact) mass is 353 g/mol. The highest BCUT2D eigenvalue weighted by atomic mass is 32.2. The highest BCUT2D eigenvalue weighted by molar-refractivity contribution is 8.03. The summed E-state index contributed by atoms with van der Waals surface area (Å²) >= 11 is 4.69. The molecular formula is C15H19N3OS3. The van der Waals surface area contributed by atoms with Gasteiger partial charge in [-0.2, -0.15) is 0 Å². The molecule has 1 aromatic heterocycles. The first-order chi connectivity index (χ1) is 10.6. The number of carbonyl (C=O) groups excluding carboxylic acids is 1. The van der Waals surface area contributed by atoms with E-state index in [4.69, 9.17) is 0 Å². The summed E-state index contributed by atoms with van der Waals surface area (Å²) in [4.78, 5) is 12.0. The van der Waals surface area contributed by atoms with Crippen molar-refractivity contribution in [2.45, 2.75) is 35.9 Å². The minimum Gasteiger partial charge on any atom is -0.325 e. The number of anilines is 1. The first-order valence-corrected chi connectivity index (χ1v) is 9.83. The van der Waals surface area contributed by atoms with Gasteiger partial charge in [-0.3, -0.25) is 4.79 Å². The lowest BCUT2D eigenvalue weighted by molar-refractivity contribution is -0.113. The predicted octanol–water partition coefficient (Wildman–Crippen LogP) is 4.39. The van der Waals surface area contributed by atoms with Crippen molar-refractivity contribution >= 4 is 46.5 Å². The number of carbonyl (C=O) groups is 1. The average Bonchev–Trinajstić information content (AvgIpc) is 2.89. The van der Waals surface area contributed by atoms with E-state index in [1.807, 2.05) is 26.0 Å². The Morgan fingerprint density at radius 3 is 2.41 bits per heavy atom. The average molecular weight is 354 g/mol. The van der Waals surface area contributed by atoms with Crippen LogP contribution in [-0.2, 0) is 4.79 Å². The number of nitrogens with zero attached hydrogens (tertiary/aromatic N) is 2. The molecule has 22 heavy (non-hydrogen) atoms. The Morgan fingerprint density at radius 2 is 1.77 bits per heavy atom. The van der Waals surface area contributed by atoms with E-state index in [1.165, 1.54) is 11.8 Å². The lowest BCUT2D eigenvalue weighted by Gasteiger charge is -2.06. The summed E-state index contributed by atoms with van der Waals surface area (Å²) in [5, 5.41) is 11.2. The molecule has 0 fully saturated rings. The molecule has 2 aromatic rings. The summed E-state index contributed by atoms with van der Waals surface area (Å²) in [6.07, 6.45) is 1.12. The van der Waals surface area contributed by atoms with Crippen LogP contribution >= 0.6 is 34.9 Å². The molecule has 2 rings (SSSR count). The summed E-state index contributed by atoms with van der Waals surface area (Å²) < 4.78 is 1.81. The van der Waals surface area contributed by atoms with Crippen LogP contribution < -0.4 is 5.32 Å².